The van der Waals surface area contributed by atoms with Gasteiger partial charge in [-0.1, -0.05) is 75.3 Å². The summed E-state index contributed by atoms with van der Waals surface area (Å²) in [4.78, 5) is 10.9. The van der Waals surface area contributed by atoms with Gasteiger partial charge in [-0.2, -0.15) is 0 Å². The van der Waals surface area contributed by atoms with Crippen molar-refractivity contribution < 1.29 is 9.32 Å². The normalized spacial score (nSPS) is 17.3. The van der Waals surface area contributed by atoms with Crippen molar-refractivity contribution in [2.24, 2.45) is 0 Å². The highest BCUT2D eigenvalue weighted by molar-refractivity contribution is 5.77. The van der Waals surface area contributed by atoms with E-state index in [1.54, 1.807) is 12.1 Å². The first-order valence-electron chi connectivity index (χ1n) is 9.48. The number of hydrogen-bond acceptors (Lipinski definition) is 3. The third-order valence-electron chi connectivity index (χ3n) is 5.96. The Hall–Kier alpha value is -2.68. The zero-order valence-electron chi connectivity index (χ0n) is 16.4. The number of hydrogen-bond donors (Lipinski definition) is 0. The Morgan fingerprint density at radius 3 is 2.37 bits per heavy atom. The van der Waals surface area contributed by atoms with Crippen molar-refractivity contribution in [2.75, 3.05) is 0 Å². The van der Waals surface area contributed by atoms with E-state index in [0.717, 1.165) is 29.5 Å². The molecule has 0 unspecified atom stereocenters. The zero-order chi connectivity index (χ0) is 19.2. The molecule has 0 saturated heterocycles. The maximum Gasteiger partial charge on any atom is 0.167 e. The Bertz CT molecular complexity index is 993. The molecule has 2 aromatic carbocycles. The lowest BCUT2D eigenvalue weighted by Crippen LogP contribution is -2.34. The molecule has 0 bridgehead atoms. The van der Waals surface area contributed by atoms with Crippen LogP contribution in [0.25, 0.3) is 22.6 Å². The second-order valence-electron chi connectivity index (χ2n) is 8.81. The quantitative estimate of drug-likeness (QED) is 0.525. The highest BCUT2D eigenvalue weighted by Crippen LogP contribution is 2.49. The Morgan fingerprint density at radius 2 is 1.67 bits per heavy atom. The third kappa shape index (κ3) is 3.01. The Morgan fingerprint density at radius 1 is 0.963 bits per heavy atom. The molecular weight excluding hydrogens is 334 g/mol. The van der Waals surface area contributed by atoms with Gasteiger partial charge in [0.2, 0.25) is 0 Å². The second-order valence-corrected chi connectivity index (χ2v) is 8.81. The van der Waals surface area contributed by atoms with Gasteiger partial charge in [0.25, 0.3) is 0 Å². The molecule has 0 N–H and O–H groups in total. The van der Waals surface area contributed by atoms with Crippen LogP contribution in [-0.4, -0.2) is 11.4 Å². The fourth-order valence-corrected chi connectivity index (χ4v) is 4.21. The molecule has 3 nitrogen and oxygen atoms in total. The van der Waals surface area contributed by atoms with Gasteiger partial charge in [0, 0.05) is 22.8 Å². The van der Waals surface area contributed by atoms with Crippen LogP contribution < -0.4 is 0 Å². The average Bonchev–Trinajstić information content (AvgIpc) is 3.15. The Kier molecular flexibility index (Phi) is 4.06. The van der Waals surface area contributed by atoms with Gasteiger partial charge in [0.15, 0.2) is 5.76 Å². The van der Waals surface area contributed by atoms with Gasteiger partial charge in [-0.15, -0.1) is 0 Å². The number of aromatic nitrogens is 1. The SMILES string of the molecule is CC1(C)CCC(C)(C)c2c(-c3cc(-c4ccc(C=O)cc4)on3)cccc21. The molecule has 0 amide bonds. The zero-order valence-corrected chi connectivity index (χ0v) is 16.4. The van der Waals surface area contributed by atoms with E-state index in [0.29, 0.717) is 11.3 Å². The number of nitrogens with zero attached hydrogens (tertiary/aromatic N) is 1. The van der Waals surface area contributed by atoms with Crippen molar-refractivity contribution in [3.05, 3.63) is 65.2 Å². The average molecular weight is 359 g/mol. The van der Waals surface area contributed by atoms with Crippen molar-refractivity contribution in [1.29, 1.82) is 0 Å². The summed E-state index contributed by atoms with van der Waals surface area (Å²) < 4.78 is 5.65. The van der Waals surface area contributed by atoms with Gasteiger partial charge in [0.05, 0.1) is 0 Å². The van der Waals surface area contributed by atoms with E-state index in [1.807, 2.05) is 18.2 Å². The molecule has 1 aliphatic rings. The van der Waals surface area contributed by atoms with Gasteiger partial charge < -0.3 is 4.52 Å². The van der Waals surface area contributed by atoms with Crippen molar-refractivity contribution >= 4 is 6.29 Å². The summed E-state index contributed by atoms with van der Waals surface area (Å²) >= 11 is 0. The molecular formula is C24H25NO2. The smallest absolute Gasteiger partial charge is 0.167 e. The number of benzene rings is 2. The molecule has 0 spiro atoms. The van der Waals surface area contributed by atoms with Crippen LogP contribution in [0.5, 0.6) is 0 Å². The summed E-state index contributed by atoms with van der Waals surface area (Å²) in [5, 5.41) is 4.38. The Labute approximate surface area is 160 Å². The monoisotopic (exact) mass is 359 g/mol. The topological polar surface area (TPSA) is 43.1 Å². The van der Waals surface area contributed by atoms with E-state index in [-0.39, 0.29) is 10.8 Å². The maximum atomic E-state index is 10.9. The molecule has 1 aromatic heterocycles. The first-order valence-corrected chi connectivity index (χ1v) is 9.48. The van der Waals surface area contributed by atoms with E-state index in [4.69, 9.17) is 4.52 Å². The number of carbonyl (C=O) groups excluding carboxylic acids is 1. The van der Waals surface area contributed by atoms with Crippen molar-refractivity contribution in [3.8, 4) is 22.6 Å². The van der Waals surface area contributed by atoms with Crippen LogP contribution in [0.1, 0.15) is 62.0 Å². The molecule has 3 aromatic rings. The van der Waals surface area contributed by atoms with Crippen LogP contribution in [0.3, 0.4) is 0 Å². The first-order chi connectivity index (χ1) is 12.8. The van der Waals surface area contributed by atoms with Crippen LogP contribution in [0, 0.1) is 0 Å². The predicted octanol–water partition coefficient (Wildman–Crippen LogP) is 6.17. The van der Waals surface area contributed by atoms with E-state index >= 15 is 0 Å². The molecule has 0 fully saturated rings. The summed E-state index contributed by atoms with van der Waals surface area (Å²) in [5.74, 6) is 0.716. The van der Waals surface area contributed by atoms with Crippen LogP contribution in [0.15, 0.2) is 53.1 Å². The van der Waals surface area contributed by atoms with Crippen molar-refractivity contribution in [3.63, 3.8) is 0 Å². The lowest BCUT2D eigenvalue weighted by Gasteiger charge is -2.42. The minimum atomic E-state index is 0.103. The van der Waals surface area contributed by atoms with Gasteiger partial charge in [-0.05, 0) is 34.8 Å². The molecule has 138 valence electrons. The number of rotatable bonds is 3. The summed E-state index contributed by atoms with van der Waals surface area (Å²) in [7, 11) is 0. The van der Waals surface area contributed by atoms with Crippen LogP contribution in [0.4, 0.5) is 0 Å². The molecule has 27 heavy (non-hydrogen) atoms. The molecule has 4 rings (SSSR count). The van der Waals surface area contributed by atoms with Crippen LogP contribution in [-0.2, 0) is 10.8 Å². The van der Waals surface area contributed by atoms with Gasteiger partial charge in [-0.25, -0.2) is 0 Å². The van der Waals surface area contributed by atoms with Crippen LogP contribution in [0.2, 0.25) is 0 Å². The van der Waals surface area contributed by atoms with Gasteiger partial charge in [-0.3, -0.25) is 4.79 Å². The number of aldehydes is 1. The molecule has 0 radical (unpaired) electrons. The van der Waals surface area contributed by atoms with Crippen molar-refractivity contribution in [2.45, 2.75) is 51.4 Å². The highest BCUT2D eigenvalue weighted by Gasteiger charge is 2.39. The van der Waals surface area contributed by atoms with Gasteiger partial charge >= 0.3 is 0 Å². The largest absolute Gasteiger partial charge is 0.356 e. The lowest BCUT2D eigenvalue weighted by atomic mass is 9.62. The van der Waals surface area contributed by atoms with E-state index in [1.165, 1.54) is 17.5 Å². The van der Waals surface area contributed by atoms with Gasteiger partial charge in [0.1, 0.15) is 12.0 Å². The van der Waals surface area contributed by atoms with Crippen molar-refractivity contribution in [1.82, 2.24) is 5.16 Å². The minimum Gasteiger partial charge on any atom is -0.356 e. The molecule has 3 heteroatoms. The molecule has 0 aliphatic heterocycles. The summed E-state index contributed by atoms with van der Waals surface area (Å²) in [6, 6.07) is 15.9. The fraction of sp³-hybridized carbons (Fsp3) is 0.333. The first kappa shape index (κ1) is 17.7. The Balaban J connectivity index is 1.81. The lowest BCUT2D eigenvalue weighted by molar-refractivity contribution is 0.112. The summed E-state index contributed by atoms with van der Waals surface area (Å²) in [6.07, 6.45) is 3.18. The summed E-state index contributed by atoms with van der Waals surface area (Å²) in [6.45, 7) is 9.30. The van der Waals surface area contributed by atoms with E-state index in [9.17, 15) is 4.79 Å². The molecule has 0 atom stereocenters. The van der Waals surface area contributed by atoms with E-state index < -0.39 is 0 Å². The number of fused-ring (bicyclic) bond motifs is 1. The molecule has 0 saturated carbocycles. The standard InChI is InChI=1S/C24H25NO2/c1-23(2)12-13-24(3,4)22-18(6-5-7-19(22)23)20-14-21(27-25-20)17-10-8-16(15-26)9-11-17/h5-11,14-15H,12-13H2,1-4H3. The second kappa shape index (κ2) is 6.19. The predicted molar refractivity (Wildman–Crippen MR) is 108 cm³/mol. The summed E-state index contributed by atoms with van der Waals surface area (Å²) in [5.41, 5.74) is 6.67. The minimum absolute atomic E-state index is 0.103. The van der Waals surface area contributed by atoms with E-state index in [2.05, 4.69) is 51.1 Å². The number of carbonyl (C=O) groups is 1. The van der Waals surface area contributed by atoms with Crippen LogP contribution >= 0.6 is 0 Å². The highest BCUT2D eigenvalue weighted by atomic mass is 16.5. The third-order valence-corrected chi connectivity index (χ3v) is 5.96. The maximum absolute atomic E-state index is 10.9. The fourth-order valence-electron chi connectivity index (χ4n) is 4.21. The molecule has 1 heterocycles. The molecule has 1 aliphatic carbocycles.